The van der Waals surface area contributed by atoms with Crippen LogP contribution in [0.15, 0.2) is 18.3 Å². The zero-order valence-electron chi connectivity index (χ0n) is 18.0. The summed E-state index contributed by atoms with van der Waals surface area (Å²) in [6.45, 7) is 6.70. The lowest BCUT2D eigenvalue weighted by Crippen LogP contribution is -2.53. The van der Waals surface area contributed by atoms with Gasteiger partial charge in [0.1, 0.15) is 0 Å². The highest BCUT2D eigenvalue weighted by Crippen LogP contribution is 2.32. The molecule has 3 aliphatic rings. The van der Waals surface area contributed by atoms with Gasteiger partial charge in [0.25, 0.3) is 5.91 Å². The topological polar surface area (TPSA) is 74.8 Å². The van der Waals surface area contributed by atoms with Gasteiger partial charge < -0.3 is 15.0 Å². The Kier molecular flexibility index (Phi) is 7.00. The fourth-order valence-electron chi connectivity index (χ4n) is 4.69. The molecular weight excluding hydrogens is 380 g/mol. The Morgan fingerprint density at radius 1 is 1.10 bits per heavy atom. The standard InChI is InChI=1S/C23H34N4O3/c1-17-2-3-19(16-25-17)22(28)24-10-13-27(21-8-14-30-15-9-21)20-6-11-26(12-7-20)23(29)18-4-5-18/h2-3,16,18,20-21H,4-15H2,1H3,(H,24,28). The van der Waals surface area contributed by atoms with Crippen molar-refractivity contribution >= 4 is 11.8 Å². The molecule has 1 aromatic rings. The SMILES string of the molecule is Cc1ccc(C(=O)NCCN(C2CCOCC2)C2CCN(C(=O)C3CC3)CC2)cn1. The minimum absolute atomic E-state index is 0.0701. The minimum Gasteiger partial charge on any atom is -0.381 e. The zero-order chi connectivity index (χ0) is 20.9. The van der Waals surface area contributed by atoms with Crippen LogP contribution < -0.4 is 5.32 Å². The second-order valence-corrected chi connectivity index (χ2v) is 8.86. The first-order valence-corrected chi connectivity index (χ1v) is 11.4. The predicted octanol–water partition coefficient (Wildman–Crippen LogP) is 2.00. The van der Waals surface area contributed by atoms with Gasteiger partial charge in [-0.2, -0.15) is 0 Å². The van der Waals surface area contributed by atoms with Gasteiger partial charge in [-0.25, -0.2) is 0 Å². The molecule has 0 spiro atoms. The summed E-state index contributed by atoms with van der Waals surface area (Å²) in [6, 6.07) is 4.64. The highest BCUT2D eigenvalue weighted by atomic mass is 16.5. The summed E-state index contributed by atoms with van der Waals surface area (Å²) in [5.74, 6) is 0.601. The molecule has 0 atom stereocenters. The molecule has 1 N–H and O–H groups in total. The molecule has 1 saturated carbocycles. The number of aromatic nitrogens is 1. The number of nitrogens with zero attached hydrogens (tertiary/aromatic N) is 3. The third-order valence-electron chi connectivity index (χ3n) is 6.66. The van der Waals surface area contributed by atoms with Crippen LogP contribution in [0.3, 0.4) is 0 Å². The number of carbonyl (C=O) groups excluding carboxylic acids is 2. The number of ether oxygens (including phenoxy) is 1. The Labute approximate surface area is 179 Å². The van der Waals surface area contributed by atoms with Crippen molar-refractivity contribution in [3.8, 4) is 0 Å². The molecule has 1 aliphatic carbocycles. The van der Waals surface area contributed by atoms with Crippen LogP contribution in [0.5, 0.6) is 0 Å². The Morgan fingerprint density at radius 2 is 1.80 bits per heavy atom. The highest BCUT2D eigenvalue weighted by molar-refractivity contribution is 5.93. The van der Waals surface area contributed by atoms with Crippen LogP contribution in [0.4, 0.5) is 0 Å². The van der Waals surface area contributed by atoms with Gasteiger partial charge >= 0.3 is 0 Å². The number of likely N-dealkylation sites (tertiary alicyclic amines) is 1. The van der Waals surface area contributed by atoms with Gasteiger partial charge in [-0.15, -0.1) is 0 Å². The van der Waals surface area contributed by atoms with Gasteiger partial charge in [0.05, 0.1) is 5.56 Å². The number of aryl methyl sites for hydroxylation is 1. The summed E-state index contributed by atoms with van der Waals surface area (Å²) >= 11 is 0. The molecule has 2 amide bonds. The van der Waals surface area contributed by atoms with Crippen molar-refractivity contribution in [1.29, 1.82) is 0 Å². The van der Waals surface area contributed by atoms with Crippen molar-refractivity contribution in [2.24, 2.45) is 5.92 Å². The van der Waals surface area contributed by atoms with E-state index in [-0.39, 0.29) is 5.91 Å². The highest BCUT2D eigenvalue weighted by Gasteiger charge is 2.37. The third-order valence-corrected chi connectivity index (χ3v) is 6.66. The first-order chi connectivity index (χ1) is 14.6. The molecule has 0 bridgehead atoms. The van der Waals surface area contributed by atoms with Crippen molar-refractivity contribution < 1.29 is 14.3 Å². The van der Waals surface area contributed by atoms with Gasteiger partial charge in [-0.1, -0.05) is 0 Å². The van der Waals surface area contributed by atoms with E-state index in [9.17, 15) is 9.59 Å². The van der Waals surface area contributed by atoms with Crippen molar-refractivity contribution in [2.45, 2.75) is 57.5 Å². The molecular formula is C23H34N4O3. The third kappa shape index (κ3) is 5.38. The van der Waals surface area contributed by atoms with Crippen molar-refractivity contribution in [3.05, 3.63) is 29.6 Å². The Morgan fingerprint density at radius 3 is 2.43 bits per heavy atom. The quantitative estimate of drug-likeness (QED) is 0.739. The number of pyridine rings is 1. The van der Waals surface area contributed by atoms with Crippen LogP contribution in [0.2, 0.25) is 0 Å². The summed E-state index contributed by atoms with van der Waals surface area (Å²) in [4.78, 5) is 33.7. The number of amides is 2. The summed E-state index contributed by atoms with van der Waals surface area (Å²) in [5, 5.41) is 3.06. The second-order valence-electron chi connectivity index (χ2n) is 8.86. The number of carbonyl (C=O) groups is 2. The van der Waals surface area contributed by atoms with Crippen molar-refractivity contribution in [3.63, 3.8) is 0 Å². The summed E-state index contributed by atoms with van der Waals surface area (Å²) in [7, 11) is 0. The lowest BCUT2D eigenvalue weighted by atomic mass is 9.97. The average Bonchev–Trinajstić information content (AvgIpc) is 3.63. The van der Waals surface area contributed by atoms with Gasteiger partial charge in [0.2, 0.25) is 5.91 Å². The second kappa shape index (κ2) is 9.88. The van der Waals surface area contributed by atoms with Crippen LogP contribution in [0.25, 0.3) is 0 Å². The Balaban J connectivity index is 1.31. The molecule has 7 nitrogen and oxygen atoms in total. The molecule has 0 radical (unpaired) electrons. The Hall–Kier alpha value is -1.99. The fraction of sp³-hybridized carbons (Fsp3) is 0.696. The lowest BCUT2D eigenvalue weighted by molar-refractivity contribution is -0.134. The lowest BCUT2D eigenvalue weighted by Gasteiger charge is -2.43. The summed E-state index contributed by atoms with van der Waals surface area (Å²) in [6.07, 6.45) is 7.89. The van der Waals surface area contributed by atoms with Gasteiger partial charge in [-0.05, 0) is 57.6 Å². The van der Waals surface area contributed by atoms with Crippen LogP contribution in [0.1, 0.15) is 54.6 Å². The number of hydrogen-bond donors (Lipinski definition) is 1. The van der Waals surface area contributed by atoms with Crippen LogP contribution >= 0.6 is 0 Å². The normalized spacial score (nSPS) is 21.1. The van der Waals surface area contributed by atoms with E-state index in [1.54, 1.807) is 6.20 Å². The van der Waals surface area contributed by atoms with E-state index in [2.05, 4.69) is 20.1 Å². The van der Waals surface area contributed by atoms with Gasteiger partial charge in [0, 0.05) is 69.3 Å². The first-order valence-electron chi connectivity index (χ1n) is 11.4. The molecule has 2 aliphatic heterocycles. The number of piperidine rings is 1. The average molecular weight is 415 g/mol. The fourth-order valence-corrected chi connectivity index (χ4v) is 4.69. The molecule has 30 heavy (non-hydrogen) atoms. The summed E-state index contributed by atoms with van der Waals surface area (Å²) < 4.78 is 5.57. The maximum Gasteiger partial charge on any atom is 0.252 e. The predicted molar refractivity (Wildman–Crippen MR) is 114 cm³/mol. The van der Waals surface area contributed by atoms with E-state index in [1.807, 2.05) is 19.1 Å². The number of nitrogens with one attached hydrogen (secondary N) is 1. The number of rotatable bonds is 7. The minimum atomic E-state index is -0.0701. The molecule has 0 unspecified atom stereocenters. The van der Waals surface area contributed by atoms with E-state index in [0.29, 0.717) is 36.0 Å². The maximum atomic E-state index is 12.4. The van der Waals surface area contributed by atoms with E-state index >= 15 is 0 Å². The molecule has 4 rings (SSSR count). The zero-order valence-corrected chi connectivity index (χ0v) is 18.0. The van der Waals surface area contributed by atoms with Crippen molar-refractivity contribution in [2.75, 3.05) is 39.4 Å². The van der Waals surface area contributed by atoms with Gasteiger partial charge in [-0.3, -0.25) is 19.5 Å². The van der Waals surface area contributed by atoms with Crippen LogP contribution in [-0.2, 0) is 9.53 Å². The van der Waals surface area contributed by atoms with Gasteiger partial charge in [0.15, 0.2) is 0 Å². The van der Waals surface area contributed by atoms with Crippen LogP contribution in [0, 0.1) is 12.8 Å². The monoisotopic (exact) mass is 414 g/mol. The molecule has 0 aromatic carbocycles. The molecule has 2 saturated heterocycles. The molecule has 164 valence electrons. The van der Waals surface area contributed by atoms with E-state index < -0.39 is 0 Å². The smallest absolute Gasteiger partial charge is 0.252 e. The summed E-state index contributed by atoms with van der Waals surface area (Å²) in [5.41, 5.74) is 1.51. The van der Waals surface area contributed by atoms with E-state index in [0.717, 1.165) is 77.1 Å². The Bertz CT molecular complexity index is 720. The van der Waals surface area contributed by atoms with Crippen molar-refractivity contribution in [1.82, 2.24) is 20.1 Å². The molecule has 3 fully saturated rings. The van der Waals surface area contributed by atoms with Crippen LogP contribution in [-0.4, -0.2) is 78.1 Å². The van der Waals surface area contributed by atoms with E-state index in [1.165, 1.54) is 0 Å². The largest absolute Gasteiger partial charge is 0.381 e. The molecule has 3 heterocycles. The number of hydrogen-bond acceptors (Lipinski definition) is 5. The molecule has 7 heteroatoms. The first kappa shape index (κ1) is 21.2. The van der Waals surface area contributed by atoms with E-state index in [4.69, 9.17) is 4.74 Å². The molecule has 1 aromatic heterocycles. The maximum absolute atomic E-state index is 12.4.